The van der Waals surface area contributed by atoms with Gasteiger partial charge < -0.3 is 10.1 Å². The molecule has 5 nitrogen and oxygen atoms in total. The molecule has 1 aliphatic rings. The van der Waals surface area contributed by atoms with E-state index >= 15 is 0 Å². The number of nitrogens with zero attached hydrogens (tertiary/aromatic N) is 2. The average Bonchev–Trinajstić information content (AvgIpc) is 3.12. The molecular formula is C21H21N3O2S. The fraction of sp³-hybridized carbons (Fsp3) is 0.286. The van der Waals surface area contributed by atoms with Crippen LogP contribution < -0.4 is 10.1 Å². The Labute approximate surface area is 162 Å². The molecule has 1 atom stereocenters. The number of pyridine rings is 1. The summed E-state index contributed by atoms with van der Waals surface area (Å²) < 4.78 is 5.37. The van der Waals surface area contributed by atoms with Gasteiger partial charge in [-0.15, -0.1) is 11.3 Å². The number of aryl methyl sites for hydroxylation is 2. The molecule has 4 rings (SSSR count). The lowest BCUT2D eigenvalue weighted by atomic mass is 9.90. The highest BCUT2D eigenvalue weighted by atomic mass is 32.1. The van der Waals surface area contributed by atoms with Crippen LogP contribution in [0, 0.1) is 12.8 Å². The van der Waals surface area contributed by atoms with Gasteiger partial charge in [0.05, 0.1) is 18.5 Å². The van der Waals surface area contributed by atoms with Gasteiger partial charge in [0.15, 0.2) is 0 Å². The fourth-order valence-corrected chi connectivity index (χ4v) is 4.54. The van der Waals surface area contributed by atoms with Crippen molar-refractivity contribution in [3.05, 3.63) is 58.9 Å². The van der Waals surface area contributed by atoms with E-state index in [0.717, 1.165) is 46.8 Å². The van der Waals surface area contributed by atoms with Crippen molar-refractivity contribution in [1.29, 1.82) is 0 Å². The monoisotopic (exact) mass is 379 g/mol. The standard InChI is InChI=1S/C21H21N3O2S/c1-13-5-8-18(26-2)17(10-13)23-20(25)14-6-7-16-19(11-14)27-21(24-16)15-4-3-9-22-12-15/h3-5,8-10,12,14H,6-7,11H2,1-2H3,(H,23,25). The predicted molar refractivity (Wildman–Crippen MR) is 107 cm³/mol. The number of amides is 1. The number of benzene rings is 1. The average molecular weight is 379 g/mol. The lowest BCUT2D eigenvalue weighted by Gasteiger charge is -2.21. The zero-order valence-corrected chi connectivity index (χ0v) is 16.2. The van der Waals surface area contributed by atoms with Crippen molar-refractivity contribution in [2.24, 2.45) is 5.92 Å². The van der Waals surface area contributed by atoms with Crippen LogP contribution in [-0.2, 0) is 17.6 Å². The number of hydrogen-bond donors (Lipinski definition) is 1. The van der Waals surface area contributed by atoms with Crippen LogP contribution in [0.25, 0.3) is 10.6 Å². The van der Waals surface area contributed by atoms with E-state index in [1.54, 1.807) is 24.6 Å². The van der Waals surface area contributed by atoms with Gasteiger partial charge in [-0.05, 0) is 56.0 Å². The molecule has 0 fully saturated rings. The number of anilines is 1. The number of fused-ring (bicyclic) bond motifs is 1. The van der Waals surface area contributed by atoms with Gasteiger partial charge in [-0.2, -0.15) is 0 Å². The van der Waals surface area contributed by atoms with Crippen molar-refractivity contribution in [3.63, 3.8) is 0 Å². The normalized spacial score (nSPS) is 15.9. The molecule has 0 saturated carbocycles. The summed E-state index contributed by atoms with van der Waals surface area (Å²) in [5, 5.41) is 4.03. The summed E-state index contributed by atoms with van der Waals surface area (Å²) in [5.41, 5.74) is 3.97. The summed E-state index contributed by atoms with van der Waals surface area (Å²) >= 11 is 1.67. The second kappa shape index (κ2) is 7.48. The first kappa shape index (κ1) is 17.7. The number of aromatic nitrogens is 2. The van der Waals surface area contributed by atoms with Crippen LogP contribution in [0.2, 0.25) is 0 Å². The second-order valence-corrected chi connectivity index (χ2v) is 7.85. The van der Waals surface area contributed by atoms with Crippen LogP contribution in [0.15, 0.2) is 42.7 Å². The highest BCUT2D eigenvalue weighted by Gasteiger charge is 2.28. The lowest BCUT2D eigenvalue weighted by molar-refractivity contribution is -0.120. The van der Waals surface area contributed by atoms with E-state index < -0.39 is 0 Å². The summed E-state index contributed by atoms with van der Waals surface area (Å²) in [6, 6.07) is 9.73. The Balaban J connectivity index is 1.50. The number of carbonyl (C=O) groups excluding carboxylic acids is 1. The second-order valence-electron chi connectivity index (χ2n) is 6.76. The third-order valence-corrected chi connectivity index (χ3v) is 6.00. The van der Waals surface area contributed by atoms with Crippen LogP contribution in [0.4, 0.5) is 5.69 Å². The molecule has 0 bridgehead atoms. The summed E-state index contributed by atoms with van der Waals surface area (Å²) in [4.78, 5) is 23.0. The molecule has 3 aromatic rings. The molecule has 27 heavy (non-hydrogen) atoms. The minimum Gasteiger partial charge on any atom is -0.495 e. The molecule has 138 valence electrons. The van der Waals surface area contributed by atoms with E-state index in [-0.39, 0.29) is 11.8 Å². The van der Waals surface area contributed by atoms with Crippen LogP contribution >= 0.6 is 11.3 Å². The Bertz CT molecular complexity index is 969. The van der Waals surface area contributed by atoms with E-state index in [2.05, 4.69) is 10.3 Å². The number of ether oxygens (including phenoxy) is 1. The lowest BCUT2D eigenvalue weighted by Crippen LogP contribution is -2.27. The first-order chi connectivity index (χ1) is 13.1. The Hall–Kier alpha value is -2.73. The Morgan fingerprint density at radius 1 is 1.33 bits per heavy atom. The number of rotatable bonds is 4. The van der Waals surface area contributed by atoms with Crippen molar-refractivity contribution in [2.75, 3.05) is 12.4 Å². The highest BCUT2D eigenvalue weighted by molar-refractivity contribution is 7.15. The first-order valence-corrected chi connectivity index (χ1v) is 9.80. The van der Waals surface area contributed by atoms with Crippen molar-refractivity contribution >= 4 is 22.9 Å². The summed E-state index contributed by atoms with van der Waals surface area (Å²) in [6.45, 7) is 2.00. The van der Waals surface area contributed by atoms with Crippen molar-refractivity contribution in [1.82, 2.24) is 9.97 Å². The molecule has 1 unspecified atom stereocenters. The van der Waals surface area contributed by atoms with Crippen LogP contribution in [0.1, 0.15) is 22.6 Å². The Kier molecular flexibility index (Phi) is 4.90. The van der Waals surface area contributed by atoms with Crippen LogP contribution in [-0.4, -0.2) is 23.0 Å². The smallest absolute Gasteiger partial charge is 0.227 e. The largest absolute Gasteiger partial charge is 0.495 e. The zero-order valence-electron chi connectivity index (χ0n) is 15.4. The Morgan fingerprint density at radius 3 is 3.00 bits per heavy atom. The Morgan fingerprint density at radius 2 is 2.22 bits per heavy atom. The minimum atomic E-state index is -0.0510. The topological polar surface area (TPSA) is 64.1 Å². The van der Waals surface area contributed by atoms with Gasteiger partial charge in [0.25, 0.3) is 0 Å². The SMILES string of the molecule is COc1ccc(C)cc1NC(=O)C1CCc2nc(-c3cccnc3)sc2C1. The zero-order chi connectivity index (χ0) is 18.8. The molecule has 2 aromatic heterocycles. The maximum absolute atomic E-state index is 12.8. The first-order valence-electron chi connectivity index (χ1n) is 8.98. The number of carbonyl (C=O) groups is 1. The van der Waals surface area contributed by atoms with Crippen molar-refractivity contribution in [2.45, 2.75) is 26.2 Å². The van der Waals surface area contributed by atoms with Crippen molar-refractivity contribution < 1.29 is 9.53 Å². The van der Waals surface area contributed by atoms with E-state index in [1.165, 1.54) is 4.88 Å². The molecule has 1 aliphatic carbocycles. The van der Waals surface area contributed by atoms with E-state index in [1.807, 2.05) is 43.5 Å². The highest BCUT2D eigenvalue weighted by Crippen LogP contribution is 2.35. The van der Waals surface area contributed by atoms with Gasteiger partial charge in [-0.1, -0.05) is 6.07 Å². The molecular weight excluding hydrogens is 358 g/mol. The van der Waals surface area contributed by atoms with E-state index in [0.29, 0.717) is 5.75 Å². The molecule has 0 spiro atoms. The summed E-state index contributed by atoms with van der Waals surface area (Å²) in [5.74, 6) is 0.674. The molecule has 1 amide bonds. The van der Waals surface area contributed by atoms with Gasteiger partial charge >= 0.3 is 0 Å². The number of methoxy groups -OCH3 is 1. The minimum absolute atomic E-state index is 0.0425. The summed E-state index contributed by atoms with van der Waals surface area (Å²) in [6.07, 6.45) is 5.96. The van der Waals surface area contributed by atoms with Gasteiger partial charge in [0, 0.05) is 28.8 Å². The van der Waals surface area contributed by atoms with Gasteiger partial charge in [-0.3, -0.25) is 9.78 Å². The van der Waals surface area contributed by atoms with Gasteiger partial charge in [-0.25, -0.2) is 4.98 Å². The maximum Gasteiger partial charge on any atom is 0.227 e. The quantitative estimate of drug-likeness (QED) is 0.735. The van der Waals surface area contributed by atoms with Gasteiger partial charge in [0.2, 0.25) is 5.91 Å². The van der Waals surface area contributed by atoms with E-state index in [4.69, 9.17) is 9.72 Å². The van der Waals surface area contributed by atoms with Crippen LogP contribution in [0.3, 0.4) is 0 Å². The molecule has 6 heteroatoms. The number of hydrogen-bond acceptors (Lipinski definition) is 5. The third kappa shape index (κ3) is 3.71. The summed E-state index contributed by atoms with van der Waals surface area (Å²) in [7, 11) is 1.62. The molecule has 0 aliphatic heterocycles. The molecule has 1 aromatic carbocycles. The third-order valence-electron chi connectivity index (χ3n) is 4.83. The number of thiazole rings is 1. The maximum atomic E-state index is 12.8. The molecule has 0 radical (unpaired) electrons. The van der Waals surface area contributed by atoms with Gasteiger partial charge in [0.1, 0.15) is 10.8 Å². The fourth-order valence-electron chi connectivity index (χ4n) is 3.37. The van der Waals surface area contributed by atoms with E-state index in [9.17, 15) is 4.79 Å². The predicted octanol–water partition coefficient (Wildman–Crippen LogP) is 4.27. The molecule has 1 N–H and O–H groups in total. The van der Waals surface area contributed by atoms with Crippen molar-refractivity contribution in [3.8, 4) is 16.3 Å². The molecule has 0 saturated heterocycles. The van der Waals surface area contributed by atoms with Crippen LogP contribution in [0.5, 0.6) is 5.75 Å². The number of nitrogens with one attached hydrogen (secondary N) is 1. The molecule has 2 heterocycles.